The molecular weight excluding hydrogens is 594 g/mol. The van der Waals surface area contributed by atoms with E-state index in [1.807, 2.05) is 27.7 Å². The Balaban J connectivity index is 2.92. The summed E-state index contributed by atoms with van der Waals surface area (Å²) >= 11 is 0. The summed E-state index contributed by atoms with van der Waals surface area (Å²) in [5.41, 5.74) is -0.927. The molecule has 0 unspecified atom stereocenters. The lowest BCUT2D eigenvalue weighted by Crippen LogP contribution is -2.52. The van der Waals surface area contributed by atoms with Gasteiger partial charge in [0.25, 0.3) is 0 Å². The number of allylic oxidation sites excluding steroid dienone is 2. The summed E-state index contributed by atoms with van der Waals surface area (Å²) in [5, 5.41) is 15.8. The van der Waals surface area contributed by atoms with Crippen molar-refractivity contribution in [2.24, 2.45) is 16.3 Å². The van der Waals surface area contributed by atoms with Crippen LogP contribution >= 0.6 is 0 Å². The van der Waals surface area contributed by atoms with Crippen LogP contribution in [-0.4, -0.2) is 77.5 Å². The number of Topliss-reactive ketones (excluding diaryl/α,β-unsaturated/α-hetero) is 1. The van der Waals surface area contributed by atoms with Crippen molar-refractivity contribution < 1.29 is 43.3 Å². The molecule has 3 N–H and O–H groups in total. The number of carbonyl (C=O) groups excluding carboxylic acids is 5. The Bertz CT molecular complexity index is 1160. The fourth-order valence-corrected chi connectivity index (χ4v) is 4.95. The van der Waals surface area contributed by atoms with Crippen LogP contribution in [0, 0.1) is 11.3 Å². The first-order chi connectivity index (χ1) is 21.0. The second-order valence-corrected chi connectivity index (χ2v) is 15.1. The van der Waals surface area contributed by atoms with E-state index in [2.05, 4.69) is 15.6 Å². The molecule has 0 heterocycles. The Morgan fingerprint density at radius 3 is 1.96 bits per heavy atom. The van der Waals surface area contributed by atoms with E-state index < -0.39 is 47.2 Å². The molecule has 12 heteroatoms. The van der Waals surface area contributed by atoms with Gasteiger partial charge in [-0.2, -0.15) is 0 Å². The monoisotopic (exact) mass is 651 g/mol. The van der Waals surface area contributed by atoms with Crippen molar-refractivity contribution >= 4 is 35.4 Å². The number of unbranched alkanes of at least 4 members (excludes halogenated alkanes) is 1. The summed E-state index contributed by atoms with van der Waals surface area (Å²) in [7, 11) is 1.21. The van der Waals surface area contributed by atoms with Crippen molar-refractivity contribution in [2.75, 3.05) is 13.7 Å². The predicted molar refractivity (Wildman–Crippen MR) is 175 cm³/mol. The molecule has 0 aromatic rings. The second-order valence-electron chi connectivity index (χ2n) is 15.1. The van der Waals surface area contributed by atoms with E-state index in [0.717, 1.165) is 0 Å². The van der Waals surface area contributed by atoms with Crippen LogP contribution in [0.1, 0.15) is 121 Å². The maximum Gasteiger partial charge on any atom is 0.329 e. The van der Waals surface area contributed by atoms with Crippen LogP contribution in [0.4, 0.5) is 4.79 Å². The number of rotatable bonds is 15. The van der Waals surface area contributed by atoms with Gasteiger partial charge in [0.2, 0.25) is 0 Å². The van der Waals surface area contributed by atoms with Crippen molar-refractivity contribution in [1.29, 1.82) is 0 Å². The average Bonchev–Trinajstić information content (AvgIpc) is 2.85. The summed E-state index contributed by atoms with van der Waals surface area (Å²) in [6.07, 6.45) is 2.35. The molecule has 0 bridgehead atoms. The molecule has 1 rings (SSSR count). The summed E-state index contributed by atoms with van der Waals surface area (Å²) in [5.74, 6) is -1.72. The van der Waals surface area contributed by atoms with Crippen molar-refractivity contribution in [1.82, 2.24) is 10.6 Å². The third-order valence-electron chi connectivity index (χ3n) is 6.79. The van der Waals surface area contributed by atoms with Crippen LogP contribution in [0.5, 0.6) is 0 Å². The van der Waals surface area contributed by atoms with Crippen LogP contribution < -0.4 is 10.6 Å². The molecule has 0 saturated heterocycles. The van der Waals surface area contributed by atoms with Crippen LogP contribution in [0.25, 0.3) is 0 Å². The molecule has 1 aliphatic rings. The Morgan fingerprint density at radius 1 is 0.891 bits per heavy atom. The minimum absolute atomic E-state index is 0.0666. The van der Waals surface area contributed by atoms with E-state index in [1.54, 1.807) is 41.5 Å². The maximum absolute atomic E-state index is 13.0. The highest BCUT2D eigenvalue weighted by atomic mass is 16.6. The van der Waals surface area contributed by atoms with Gasteiger partial charge in [-0.1, -0.05) is 27.7 Å². The number of esters is 3. The zero-order chi connectivity index (χ0) is 35.5. The van der Waals surface area contributed by atoms with E-state index in [4.69, 9.17) is 14.2 Å². The van der Waals surface area contributed by atoms with Gasteiger partial charge in [-0.25, -0.2) is 14.4 Å². The summed E-state index contributed by atoms with van der Waals surface area (Å²) in [6, 6.07) is -2.98. The molecule has 46 heavy (non-hydrogen) atoms. The van der Waals surface area contributed by atoms with Gasteiger partial charge in [0, 0.05) is 31.5 Å². The SMILES string of the molecule is COC(=O)[C@H](CCCCN=C(CC(C)C)C1=C(O)CC(C)(C)CC1=O)NC(=O)N[C@@H](CCC(=O)OC(C)(C)C)C(=O)OC(C)(C)C. The number of nitrogens with one attached hydrogen (secondary N) is 2. The van der Waals surface area contributed by atoms with Crippen LogP contribution in [-0.2, 0) is 33.4 Å². The number of aliphatic hydroxyl groups excluding tert-OH is 1. The molecule has 0 aromatic carbocycles. The standard InChI is InChI=1S/C34H57N3O9/c1-21(2)18-24(28-25(38)19-34(9,10)20-26(28)39)35-17-13-12-14-22(29(41)44-11)36-31(43)37-23(30(42)46-33(6,7)8)15-16-27(40)45-32(3,4)5/h21-23,38H,12-20H2,1-11H3,(H2,36,37,43)/t22-,23-/m0/s1. The number of methoxy groups -OCH3 is 1. The number of ether oxygens (including phenoxy) is 3. The summed E-state index contributed by atoms with van der Waals surface area (Å²) < 4.78 is 15.6. The van der Waals surface area contributed by atoms with Gasteiger partial charge in [0.15, 0.2) is 5.78 Å². The third kappa shape index (κ3) is 15.7. The van der Waals surface area contributed by atoms with E-state index in [0.29, 0.717) is 49.9 Å². The number of aliphatic imine (C=N–C) groups is 1. The molecule has 1 aliphatic carbocycles. The van der Waals surface area contributed by atoms with Crippen LogP contribution in [0.3, 0.4) is 0 Å². The van der Waals surface area contributed by atoms with Gasteiger partial charge < -0.3 is 30.0 Å². The number of hydrogen-bond donors (Lipinski definition) is 3. The summed E-state index contributed by atoms with van der Waals surface area (Å²) in [4.78, 5) is 68.2. The number of hydrogen-bond acceptors (Lipinski definition) is 10. The van der Waals surface area contributed by atoms with E-state index in [-0.39, 0.29) is 42.1 Å². The molecule has 0 spiro atoms. The van der Waals surface area contributed by atoms with Crippen LogP contribution in [0.15, 0.2) is 16.3 Å². The Kier molecular flexibility index (Phi) is 15.4. The van der Waals surface area contributed by atoms with Gasteiger partial charge in [0.05, 0.1) is 12.7 Å². The first-order valence-corrected chi connectivity index (χ1v) is 16.1. The zero-order valence-electron chi connectivity index (χ0n) is 29.8. The normalized spacial score (nSPS) is 16.9. The average molecular weight is 652 g/mol. The smallest absolute Gasteiger partial charge is 0.329 e. The lowest BCUT2D eigenvalue weighted by molar-refractivity contribution is -0.158. The maximum atomic E-state index is 13.0. The Labute approximate surface area is 274 Å². The highest BCUT2D eigenvalue weighted by Crippen LogP contribution is 2.36. The molecule has 0 radical (unpaired) electrons. The third-order valence-corrected chi connectivity index (χ3v) is 6.79. The number of amides is 2. The van der Waals surface area contributed by atoms with Gasteiger partial charge in [-0.05, 0) is 85.0 Å². The van der Waals surface area contributed by atoms with Gasteiger partial charge in [-0.3, -0.25) is 14.6 Å². The van der Waals surface area contributed by atoms with Crippen molar-refractivity contribution in [3.63, 3.8) is 0 Å². The fraction of sp³-hybridized carbons (Fsp3) is 0.765. The minimum Gasteiger partial charge on any atom is -0.511 e. The number of aliphatic hydroxyl groups is 1. The first-order valence-electron chi connectivity index (χ1n) is 16.1. The van der Waals surface area contributed by atoms with Gasteiger partial charge >= 0.3 is 23.9 Å². The molecule has 262 valence electrons. The number of ketones is 1. The lowest BCUT2D eigenvalue weighted by atomic mass is 9.75. The molecule has 0 fully saturated rings. The topological polar surface area (TPSA) is 170 Å². The zero-order valence-corrected chi connectivity index (χ0v) is 29.8. The molecule has 0 aromatic heterocycles. The quantitative estimate of drug-likeness (QED) is 0.0893. The second kappa shape index (κ2) is 17.5. The van der Waals surface area contributed by atoms with E-state index in [1.165, 1.54) is 7.11 Å². The molecule has 2 amide bonds. The van der Waals surface area contributed by atoms with Crippen molar-refractivity contribution in [2.45, 2.75) is 144 Å². The lowest BCUT2D eigenvalue weighted by Gasteiger charge is -2.30. The van der Waals surface area contributed by atoms with Gasteiger partial charge in [-0.15, -0.1) is 0 Å². The highest BCUT2D eigenvalue weighted by molar-refractivity contribution is 6.23. The predicted octanol–water partition coefficient (Wildman–Crippen LogP) is 5.52. The van der Waals surface area contributed by atoms with Gasteiger partial charge in [0.1, 0.15) is 29.0 Å². The number of nitrogens with zero attached hydrogens (tertiary/aromatic N) is 1. The Hall–Kier alpha value is -3.44. The fourth-order valence-electron chi connectivity index (χ4n) is 4.95. The first kappa shape index (κ1) is 40.6. The van der Waals surface area contributed by atoms with Crippen molar-refractivity contribution in [3.05, 3.63) is 11.3 Å². The molecule has 12 nitrogen and oxygen atoms in total. The summed E-state index contributed by atoms with van der Waals surface area (Å²) in [6.45, 7) is 18.5. The van der Waals surface area contributed by atoms with E-state index >= 15 is 0 Å². The molecule has 0 aliphatic heterocycles. The number of urea groups is 1. The minimum atomic E-state index is -1.17. The van der Waals surface area contributed by atoms with E-state index in [9.17, 15) is 29.1 Å². The molecule has 0 saturated carbocycles. The molecule has 2 atom stereocenters. The van der Waals surface area contributed by atoms with Crippen molar-refractivity contribution in [3.8, 4) is 0 Å². The number of carbonyl (C=O) groups is 5. The molecular formula is C34H57N3O9. The highest BCUT2D eigenvalue weighted by Gasteiger charge is 2.35. The van der Waals surface area contributed by atoms with Crippen LogP contribution in [0.2, 0.25) is 0 Å². The Morgan fingerprint density at radius 2 is 1.46 bits per heavy atom. The largest absolute Gasteiger partial charge is 0.511 e.